The Balaban J connectivity index is 0.000000295. The van der Waals surface area contributed by atoms with E-state index < -0.39 is 0 Å². The molecule has 4 heteroatoms. The summed E-state index contributed by atoms with van der Waals surface area (Å²) in [7, 11) is 1.78. The number of hydrogen-bond donors (Lipinski definition) is 0. The third-order valence-electron chi connectivity index (χ3n) is 8.10. The van der Waals surface area contributed by atoms with Gasteiger partial charge in [0.15, 0.2) is 0 Å². The fraction of sp³-hybridized carbons (Fsp3) is 0.268. The van der Waals surface area contributed by atoms with Gasteiger partial charge in [0, 0.05) is 0 Å². The predicted octanol–water partition coefficient (Wildman–Crippen LogP) is 12.5. The predicted molar refractivity (Wildman–Crippen MR) is 198 cm³/mol. The molecule has 0 atom stereocenters. The van der Waals surface area contributed by atoms with E-state index >= 15 is 0 Å². The van der Waals surface area contributed by atoms with E-state index in [1.165, 1.54) is 66.1 Å². The molecule has 0 unspecified atom stereocenters. The number of rotatable bonds is 3. The van der Waals surface area contributed by atoms with Crippen LogP contribution in [0.3, 0.4) is 0 Å². The molecule has 6 aromatic rings. The van der Waals surface area contributed by atoms with E-state index in [4.69, 9.17) is 4.74 Å². The fourth-order valence-corrected chi connectivity index (χ4v) is 5.91. The van der Waals surface area contributed by atoms with Crippen molar-refractivity contribution in [3.63, 3.8) is 0 Å². The number of ether oxygens (including phenoxy) is 1. The Kier molecular flexibility index (Phi) is 13.1. The Morgan fingerprint density at radius 1 is 0.578 bits per heavy atom. The molecule has 0 bridgehead atoms. The molecule has 6 aromatic carbocycles. The number of fused-ring (bicyclic) bond motifs is 2. The van der Waals surface area contributed by atoms with Gasteiger partial charge >= 0.3 is 26.2 Å². The van der Waals surface area contributed by atoms with Crippen molar-refractivity contribution in [1.29, 1.82) is 0 Å². The van der Waals surface area contributed by atoms with Gasteiger partial charge < -0.3 is 4.74 Å². The summed E-state index contributed by atoms with van der Waals surface area (Å²) in [6.45, 7) is 17.9. The van der Waals surface area contributed by atoms with E-state index in [2.05, 4.69) is 159 Å². The Labute approximate surface area is 302 Å². The van der Waals surface area contributed by atoms with Crippen LogP contribution in [0.5, 0.6) is 5.75 Å². The number of halogens is 2. The first-order valence-electron chi connectivity index (χ1n) is 15.0. The standard InChI is InChI=1S/C21H23O.C20H21.2ClH.Zr/c1-14-11-16-13-18(21(2,3)4)20(22-5)19(17(16)12-14)15-9-7-6-8-10-15;1-14-10-16-12-17(20(2,3)4)13-19(18(16)11-14)15-8-6-5-7-9-15;;;/h6-13H,1-5H3;5-13H,1-4H3;2*1H;/q2*-1;;;+2. The quantitative estimate of drug-likeness (QED) is 0.166. The molecule has 0 aliphatic heterocycles. The maximum Gasteiger partial charge on any atom is 2.00 e. The summed E-state index contributed by atoms with van der Waals surface area (Å²) < 4.78 is 5.87. The topological polar surface area (TPSA) is 9.23 Å². The molecule has 0 amide bonds. The smallest absolute Gasteiger partial charge is 0.498 e. The Bertz CT molecular complexity index is 1830. The summed E-state index contributed by atoms with van der Waals surface area (Å²) >= 11 is 0. The van der Waals surface area contributed by atoms with Crippen LogP contribution in [0.25, 0.3) is 43.8 Å². The van der Waals surface area contributed by atoms with Crippen molar-refractivity contribution in [2.75, 3.05) is 7.11 Å². The van der Waals surface area contributed by atoms with E-state index in [1.807, 2.05) is 0 Å². The molecule has 0 aliphatic carbocycles. The van der Waals surface area contributed by atoms with Crippen LogP contribution in [0, 0.1) is 13.8 Å². The summed E-state index contributed by atoms with van der Waals surface area (Å²) in [4.78, 5) is 0. The minimum Gasteiger partial charge on any atom is -0.498 e. The second-order valence-electron chi connectivity index (χ2n) is 13.7. The van der Waals surface area contributed by atoms with Crippen LogP contribution in [0.2, 0.25) is 0 Å². The minimum absolute atomic E-state index is 0. The number of aryl methyl sites for hydroxylation is 2. The van der Waals surface area contributed by atoms with Crippen LogP contribution < -0.4 is 4.74 Å². The molecule has 0 heterocycles. The van der Waals surface area contributed by atoms with E-state index in [0.29, 0.717) is 0 Å². The SMILES string of the molecule is COc1c(C(C)(C)C)cc2[cH-]c(C)cc2c1-c1ccccc1.Cc1cc2c(-c3ccccc3)cc(C(C)(C)C)cc2[cH-]1.Cl.Cl.[Zr+2]. The normalized spacial score (nSPS) is 11.1. The van der Waals surface area contributed by atoms with Crippen molar-refractivity contribution in [2.45, 2.75) is 66.2 Å². The minimum atomic E-state index is 0. The van der Waals surface area contributed by atoms with E-state index in [-0.39, 0.29) is 61.8 Å². The van der Waals surface area contributed by atoms with Gasteiger partial charge in [-0.2, -0.15) is 12.1 Å². The molecule has 0 aliphatic rings. The van der Waals surface area contributed by atoms with Gasteiger partial charge in [-0.05, 0) is 33.1 Å². The molecule has 234 valence electrons. The van der Waals surface area contributed by atoms with Crippen molar-refractivity contribution in [1.82, 2.24) is 0 Å². The monoisotopic (exact) mass is 714 g/mol. The summed E-state index contributed by atoms with van der Waals surface area (Å²) in [6.07, 6.45) is 0. The zero-order chi connectivity index (χ0) is 30.2. The molecule has 6 rings (SSSR count). The molecule has 0 saturated heterocycles. The van der Waals surface area contributed by atoms with Crippen molar-refractivity contribution >= 4 is 46.4 Å². The zero-order valence-corrected chi connectivity index (χ0v) is 32.1. The van der Waals surface area contributed by atoms with Crippen molar-refractivity contribution in [3.05, 3.63) is 125 Å². The molecule has 0 radical (unpaired) electrons. The third kappa shape index (κ3) is 8.40. The first kappa shape index (κ1) is 38.5. The molecule has 0 N–H and O–H groups in total. The van der Waals surface area contributed by atoms with Gasteiger partial charge in [-0.1, -0.05) is 133 Å². The third-order valence-corrected chi connectivity index (χ3v) is 8.10. The van der Waals surface area contributed by atoms with Gasteiger partial charge in [-0.25, -0.2) is 0 Å². The van der Waals surface area contributed by atoms with Crippen LogP contribution in [0.1, 0.15) is 63.8 Å². The fourth-order valence-electron chi connectivity index (χ4n) is 5.91. The molecule has 0 saturated carbocycles. The van der Waals surface area contributed by atoms with Crippen LogP contribution in [0.15, 0.2) is 103 Å². The Morgan fingerprint density at radius 2 is 1.07 bits per heavy atom. The second kappa shape index (κ2) is 15.3. The second-order valence-corrected chi connectivity index (χ2v) is 13.7. The molecular formula is C41H46Cl2OZr. The molecule has 0 aromatic heterocycles. The molecular weight excluding hydrogens is 671 g/mol. The number of methoxy groups -OCH3 is 1. The Hall–Kier alpha value is -2.64. The van der Waals surface area contributed by atoms with Crippen molar-refractivity contribution < 1.29 is 30.9 Å². The van der Waals surface area contributed by atoms with Crippen LogP contribution in [-0.2, 0) is 37.0 Å². The largest absolute Gasteiger partial charge is 2.00 e. The first-order chi connectivity index (χ1) is 19.9. The van der Waals surface area contributed by atoms with E-state index in [9.17, 15) is 0 Å². The average molecular weight is 717 g/mol. The van der Waals surface area contributed by atoms with Crippen molar-refractivity contribution in [3.8, 4) is 28.0 Å². The molecule has 0 fully saturated rings. The maximum atomic E-state index is 5.87. The maximum absolute atomic E-state index is 5.87. The molecule has 0 spiro atoms. The van der Waals surface area contributed by atoms with Gasteiger partial charge in [0.25, 0.3) is 0 Å². The van der Waals surface area contributed by atoms with E-state index in [1.54, 1.807) is 7.11 Å². The van der Waals surface area contributed by atoms with Crippen molar-refractivity contribution in [2.24, 2.45) is 0 Å². The zero-order valence-electron chi connectivity index (χ0n) is 28.0. The van der Waals surface area contributed by atoms with Gasteiger partial charge in [0.2, 0.25) is 0 Å². The summed E-state index contributed by atoms with van der Waals surface area (Å²) in [6, 6.07) is 37.3. The van der Waals surface area contributed by atoms with Gasteiger partial charge in [0.1, 0.15) is 5.75 Å². The van der Waals surface area contributed by atoms with Crippen LogP contribution >= 0.6 is 24.8 Å². The van der Waals surface area contributed by atoms with Crippen LogP contribution in [-0.4, -0.2) is 7.11 Å². The van der Waals surface area contributed by atoms with Gasteiger partial charge in [0.05, 0.1) is 7.11 Å². The van der Waals surface area contributed by atoms with Gasteiger partial charge in [-0.3, -0.25) is 0 Å². The van der Waals surface area contributed by atoms with Crippen LogP contribution in [0.4, 0.5) is 0 Å². The van der Waals surface area contributed by atoms with E-state index in [0.717, 1.165) is 5.75 Å². The Morgan fingerprint density at radius 3 is 1.56 bits per heavy atom. The van der Waals surface area contributed by atoms with Gasteiger partial charge in [-0.15, -0.1) is 81.8 Å². The number of hydrogen-bond acceptors (Lipinski definition) is 1. The first-order valence-corrected chi connectivity index (χ1v) is 15.0. The summed E-state index contributed by atoms with van der Waals surface area (Å²) in [5, 5.41) is 5.28. The summed E-state index contributed by atoms with van der Waals surface area (Å²) in [5.74, 6) is 0.997. The average Bonchev–Trinajstić information content (AvgIpc) is 3.52. The number of benzene rings is 4. The molecule has 1 nitrogen and oxygen atoms in total. The molecule has 45 heavy (non-hydrogen) atoms. The summed E-state index contributed by atoms with van der Waals surface area (Å²) in [5.41, 5.74) is 10.6.